The summed E-state index contributed by atoms with van der Waals surface area (Å²) in [5, 5.41) is 11.6. The molecule has 0 spiro atoms. The monoisotopic (exact) mass is 311 g/mol. The summed E-state index contributed by atoms with van der Waals surface area (Å²) in [6, 6.07) is 5.45. The third-order valence-corrected chi connectivity index (χ3v) is 4.17. The highest BCUT2D eigenvalue weighted by molar-refractivity contribution is 5.47. The molecule has 0 aliphatic heterocycles. The van der Waals surface area contributed by atoms with Gasteiger partial charge in [-0.3, -0.25) is 4.98 Å². The van der Waals surface area contributed by atoms with Gasteiger partial charge in [-0.25, -0.2) is 4.68 Å². The van der Waals surface area contributed by atoms with Crippen molar-refractivity contribution in [2.24, 2.45) is 11.8 Å². The lowest BCUT2D eigenvalue weighted by molar-refractivity contribution is -0.184. The largest absolute Gasteiger partial charge is 0.391 e. The minimum atomic E-state index is -4.07. The van der Waals surface area contributed by atoms with Crippen molar-refractivity contribution >= 4 is 0 Å². The molecular formula is C14H16F3N5. The van der Waals surface area contributed by atoms with E-state index in [1.165, 1.54) is 0 Å². The molecule has 2 heterocycles. The zero-order valence-electron chi connectivity index (χ0n) is 11.9. The van der Waals surface area contributed by atoms with E-state index in [2.05, 4.69) is 20.5 Å². The molecule has 2 aromatic heterocycles. The van der Waals surface area contributed by atoms with E-state index in [4.69, 9.17) is 0 Å². The Hall–Kier alpha value is -1.99. The summed E-state index contributed by atoms with van der Waals surface area (Å²) >= 11 is 0. The van der Waals surface area contributed by atoms with Gasteiger partial charge in [-0.2, -0.15) is 13.2 Å². The molecular weight excluding hydrogens is 295 g/mol. The van der Waals surface area contributed by atoms with Gasteiger partial charge < -0.3 is 0 Å². The smallest absolute Gasteiger partial charge is 0.253 e. The van der Waals surface area contributed by atoms with Gasteiger partial charge in [0.1, 0.15) is 5.69 Å². The molecule has 1 aliphatic carbocycles. The summed E-state index contributed by atoms with van der Waals surface area (Å²) in [5.41, 5.74) is 0.663. The average molecular weight is 311 g/mol. The van der Waals surface area contributed by atoms with Crippen molar-refractivity contribution in [1.82, 2.24) is 25.2 Å². The third kappa shape index (κ3) is 3.26. The summed E-state index contributed by atoms with van der Waals surface area (Å²) in [6.07, 6.45) is -0.941. The van der Waals surface area contributed by atoms with Crippen LogP contribution in [0.5, 0.6) is 0 Å². The van der Waals surface area contributed by atoms with Gasteiger partial charge in [0.05, 0.1) is 5.92 Å². The first kappa shape index (κ1) is 14.9. The molecule has 118 valence electrons. The molecule has 8 heteroatoms. The Morgan fingerprint density at radius 3 is 2.55 bits per heavy atom. The Morgan fingerprint density at radius 2 is 1.91 bits per heavy atom. The molecule has 0 atom stereocenters. The van der Waals surface area contributed by atoms with Crippen molar-refractivity contribution < 1.29 is 13.2 Å². The highest BCUT2D eigenvalue weighted by Gasteiger charge is 2.41. The topological polar surface area (TPSA) is 56.5 Å². The van der Waals surface area contributed by atoms with Crippen molar-refractivity contribution in [2.45, 2.75) is 38.4 Å². The number of aromatic nitrogens is 5. The molecule has 1 saturated carbocycles. The molecule has 0 saturated heterocycles. The van der Waals surface area contributed by atoms with E-state index in [1.807, 2.05) is 12.1 Å². The van der Waals surface area contributed by atoms with Crippen LogP contribution in [-0.2, 0) is 6.54 Å². The Morgan fingerprint density at radius 1 is 1.14 bits per heavy atom. The number of alkyl halides is 3. The predicted octanol–water partition coefficient (Wildman–Crippen LogP) is 3.10. The van der Waals surface area contributed by atoms with Crippen LogP contribution in [-0.4, -0.2) is 31.4 Å². The molecule has 0 unspecified atom stereocenters. The zero-order valence-corrected chi connectivity index (χ0v) is 11.9. The van der Waals surface area contributed by atoms with E-state index in [9.17, 15) is 13.2 Å². The van der Waals surface area contributed by atoms with Gasteiger partial charge in [0.15, 0.2) is 0 Å². The number of nitrogens with zero attached hydrogens (tertiary/aromatic N) is 5. The Kier molecular flexibility index (Phi) is 4.08. The Labute approximate surface area is 125 Å². The summed E-state index contributed by atoms with van der Waals surface area (Å²) in [6.45, 7) is 0.531. The van der Waals surface area contributed by atoms with E-state index >= 15 is 0 Å². The van der Waals surface area contributed by atoms with Crippen molar-refractivity contribution in [1.29, 1.82) is 0 Å². The maximum atomic E-state index is 12.7. The van der Waals surface area contributed by atoms with Crippen molar-refractivity contribution in [2.75, 3.05) is 0 Å². The summed E-state index contributed by atoms with van der Waals surface area (Å²) in [7, 11) is 0. The SMILES string of the molecule is FC(F)(F)C1CCC(Cn2nnnc2-c2ccccn2)CC1. The number of hydrogen-bond acceptors (Lipinski definition) is 4. The van der Waals surface area contributed by atoms with Crippen LogP contribution in [0.4, 0.5) is 13.2 Å². The first-order chi connectivity index (χ1) is 10.5. The van der Waals surface area contributed by atoms with Gasteiger partial charge in [0, 0.05) is 12.7 Å². The zero-order chi connectivity index (χ0) is 15.6. The first-order valence-corrected chi connectivity index (χ1v) is 7.28. The second-order valence-corrected chi connectivity index (χ2v) is 5.66. The van der Waals surface area contributed by atoms with E-state index in [1.54, 1.807) is 16.9 Å². The normalized spacial score (nSPS) is 22.7. The Balaban J connectivity index is 1.65. The second kappa shape index (κ2) is 6.02. The highest BCUT2D eigenvalue weighted by Crippen LogP contribution is 2.39. The van der Waals surface area contributed by atoms with Gasteiger partial charge in [-0.15, -0.1) is 5.10 Å². The fourth-order valence-electron chi connectivity index (χ4n) is 2.92. The van der Waals surface area contributed by atoms with Crippen LogP contribution < -0.4 is 0 Å². The minimum Gasteiger partial charge on any atom is -0.253 e. The fraction of sp³-hybridized carbons (Fsp3) is 0.571. The Bertz CT molecular complexity index is 602. The highest BCUT2D eigenvalue weighted by atomic mass is 19.4. The minimum absolute atomic E-state index is 0.171. The molecule has 0 aromatic carbocycles. The van der Waals surface area contributed by atoms with Crippen molar-refractivity contribution in [3.8, 4) is 11.5 Å². The first-order valence-electron chi connectivity index (χ1n) is 7.28. The van der Waals surface area contributed by atoms with Crippen LogP contribution in [0.1, 0.15) is 25.7 Å². The summed E-state index contributed by atoms with van der Waals surface area (Å²) in [4.78, 5) is 4.21. The van der Waals surface area contributed by atoms with Crippen LogP contribution in [0.3, 0.4) is 0 Å². The van der Waals surface area contributed by atoms with Crippen LogP contribution in [0.15, 0.2) is 24.4 Å². The lowest BCUT2D eigenvalue weighted by Gasteiger charge is -2.29. The van der Waals surface area contributed by atoms with E-state index < -0.39 is 12.1 Å². The lowest BCUT2D eigenvalue weighted by atomic mass is 9.81. The molecule has 0 radical (unpaired) electrons. The average Bonchev–Trinajstić information content (AvgIpc) is 2.96. The standard InChI is InChI=1S/C14H16F3N5/c15-14(16,17)11-6-4-10(5-7-11)9-22-13(19-20-21-22)12-3-1-2-8-18-12/h1-3,8,10-11H,4-7,9H2. The third-order valence-electron chi connectivity index (χ3n) is 4.17. The quantitative estimate of drug-likeness (QED) is 0.874. The number of tetrazole rings is 1. The van der Waals surface area contributed by atoms with Crippen molar-refractivity contribution in [3.63, 3.8) is 0 Å². The molecule has 1 fully saturated rings. The summed E-state index contributed by atoms with van der Waals surface area (Å²) < 4.78 is 39.7. The van der Waals surface area contributed by atoms with Crippen LogP contribution >= 0.6 is 0 Å². The van der Waals surface area contributed by atoms with Gasteiger partial charge in [-0.1, -0.05) is 6.07 Å². The van der Waals surface area contributed by atoms with Gasteiger partial charge >= 0.3 is 6.18 Å². The lowest BCUT2D eigenvalue weighted by Crippen LogP contribution is -2.29. The summed E-state index contributed by atoms with van der Waals surface area (Å²) in [5.74, 6) is -0.434. The fourth-order valence-corrected chi connectivity index (χ4v) is 2.92. The van der Waals surface area contributed by atoms with Crippen molar-refractivity contribution in [3.05, 3.63) is 24.4 Å². The molecule has 0 amide bonds. The van der Waals surface area contributed by atoms with Crippen LogP contribution in [0.25, 0.3) is 11.5 Å². The molecule has 22 heavy (non-hydrogen) atoms. The molecule has 5 nitrogen and oxygen atoms in total. The molecule has 0 N–H and O–H groups in total. The van der Waals surface area contributed by atoms with E-state index in [0.717, 1.165) is 0 Å². The number of hydrogen-bond donors (Lipinski definition) is 0. The van der Waals surface area contributed by atoms with Gasteiger partial charge in [0.2, 0.25) is 5.82 Å². The molecule has 1 aliphatic rings. The predicted molar refractivity (Wildman–Crippen MR) is 72.6 cm³/mol. The second-order valence-electron chi connectivity index (χ2n) is 5.66. The van der Waals surface area contributed by atoms with E-state index in [-0.39, 0.29) is 18.8 Å². The maximum absolute atomic E-state index is 12.7. The van der Waals surface area contributed by atoms with Crippen LogP contribution in [0, 0.1) is 11.8 Å². The van der Waals surface area contributed by atoms with E-state index in [0.29, 0.717) is 30.9 Å². The number of pyridine rings is 1. The van der Waals surface area contributed by atoms with Crippen LogP contribution in [0.2, 0.25) is 0 Å². The maximum Gasteiger partial charge on any atom is 0.391 e. The molecule has 2 aromatic rings. The van der Waals surface area contributed by atoms with Gasteiger partial charge in [0.25, 0.3) is 0 Å². The molecule has 3 rings (SSSR count). The number of rotatable bonds is 3. The molecule has 0 bridgehead atoms. The number of halogens is 3. The van der Waals surface area contributed by atoms with Gasteiger partial charge in [-0.05, 0) is 54.2 Å².